The molecule has 2 aromatic carbocycles. The van der Waals surface area contributed by atoms with E-state index in [1.807, 2.05) is 51.1 Å². The zero-order valence-corrected chi connectivity index (χ0v) is 20.5. The molecule has 2 heterocycles. The first-order chi connectivity index (χ1) is 15.3. The third-order valence-electron chi connectivity index (χ3n) is 5.59. The Bertz CT molecular complexity index is 1060. The van der Waals surface area contributed by atoms with Crippen LogP contribution in [0.2, 0.25) is 0 Å². The smallest absolute Gasteiger partial charge is 0.410 e. The minimum Gasteiger partial charge on any atom is -0.464 e. The Balaban J connectivity index is 1.40. The summed E-state index contributed by atoms with van der Waals surface area (Å²) in [4.78, 5) is 18.8. The summed E-state index contributed by atoms with van der Waals surface area (Å²) in [7, 11) is 0. The highest BCUT2D eigenvalue weighted by Gasteiger charge is 2.27. The Hall–Kier alpha value is -2.54. The molecule has 1 amide bonds. The number of para-hydroxylation sites is 2. The molecular weight excluding hydrogens is 470 g/mol. The van der Waals surface area contributed by atoms with E-state index in [2.05, 4.69) is 38.7 Å². The number of fused-ring (bicyclic) bond motifs is 1. The molecular formula is C25H30BrN3O3. The SMILES string of the molecule is CC(C)(C)OC(=O)N1CCC(COc2nc3ccccc3n2Cc2ccc(Br)cc2)CC1. The van der Waals surface area contributed by atoms with E-state index in [0.29, 0.717) is 38.2 Å². The van der Waals surface area contributed by atoms with Gasteiger partial charge in [-0.1, -0.05) is 40.2 Å². The highest BCUT2D eigenvalue weighted by Crippen LogP contribution is 2.26. The zero-order valence-electron chi connectivity index (χ0n) is 18.9. The number of nitrogens with zero attached hydrogens (tertiary/aromatic N) is 3. The van der Waals surface area contributed by atoms with Crippen molar-refractivity contribution < 1.29 is 14.3 Å². The molecule has 32 heavy (non-hydrogen) atoms. The van der Waals surface area contributed by atoms with Gasteiger partial charge in [0.05, 0.1) is 24.2 Å². The molecule has 0 aliphatic carbocycles. The van der Waals surface area contributed by atoms with Crippen molar-refractivity contribution in [2.24, 2.45) is 5.92 Å². The van der Waals surface area contributed by atoms with E-state index in [1.165, 1.54) is 5.56 Å². The van der Waals surface area contributed by atoms with Gasteiger partial charge in [-0.2, -0.15) is 4.98 Å². The van der Waals surface area contributed by atoms with E-state index < -0.39 is 5.60 Å². The molecule has 3 aromatic rings. The highest BCUT2D eigenvalue weighted by molar-refractivity contribution is 9.10. The van der Waals surface area contributed by atoms with Crippen LogP contribution in [0.5, 0.6) is 6.01 Å². The number of carbonyl (C=O) groups excluding carboxylic acids is 1. The quantitative estimate of drug-likeness (QED) is 0.440. The fraction of sp³-hybridized carbons (Fsp3) is 0.440. The van der Waals surface area contributed by atoms with Crippen molar-refractivity contribution >= 4 is 33.1 Å². The number of piperidine rings is 1. The number of halogens is 1. The van der Waals surface area contributed by atoms with Gasteiger partial charge in [0.25, 0.3) is 6.01 Å². The summed E-state index contributed by atoms with van der Waals surface area (Å²) in [6.07, 6.45) is 1.56. The van der Waals surface area contributed by atoms with Gasteiger partial charge in [-0.15, -0.1) is 0 Å². The Morgan fingerprint density at radius 3 is 2.47 bits per heavy atom. The van der Waals surface area contributed by atoms with Crippen LogP contribution >= 0.6 is 15.9 Å². The van der Waals surface area contributed by atoms with E-state index in [4.69, 9.17) is 14.5 Å². The van der Waals surface area contributed by atoms with Crippen molar-refractivity contribution in [2.45, 2.75) is 45.8 Å². The van der Waals surface area contributed by atoms with Crippen molar-refractivity contribution in [1.82, 2.24) is 14.5 Å². The molecule has 170 valence electrons. The van der Waals surface area contributed by atoms with Gasteiger partial charge < -0.3 is 14.4 Å². The normalized spacial score (nSPS) is 15.2. The summed E-state index contributed by atoms with van der Waals surface area (Å²) in [5, 5.41) is 0. The molecule has 0 spiro atoms. The van der Waals surface area contributed by atoms with E-state index in [0.717, 1.165) is 28.3 Å². The molecule has 7 heteroatoms. The number of rotatable bonds is 5. The van der Waals surface area contributed by atoms with Gasteiger partial charge in [-0.3, -0.25) is 4.57 Å². The highest BCUT2D eigenvalue weighted by atomic mass is 79.9. The monoisotopic (exact) mass is 499 g/mol. The molecule has 0 atom stereocenters. The van der Waals surface area contributed by atoms with Gasteiger partial charge in [0.1, 0.15) is 5.60 Å². The number of hydrogen-bond acceptors (Lipinski definition) is 4. The standard InChI is InChI=1S/C25H30BrN3O3/c1-25(2,3)32-24(30)28-14-12-19(13-15-28)17-31-23-27-21-6-4-5-7-22(21)29(23)16-18-8-10-20(26)11-9-18/h4-11,19H,12-17H2,1-3H3. The third-order valence-corrected chi connectivity index (χ3v) is 6.12. The predicted octanol–water partition coefficient (Wildman–Crippen LogP) is 5.87. The van der Waals surface area contributed by atoms with Crippen LogP contribution in [0.4, 0.5) is 4.79 Å². The molecule has 6 nitrogen and oxygen atoms in total. The maximum atomic E-state index is 12.3. The molecule has 1 aliphatic heterocycles. The van der Waals surface area contributed by atoms with Crippen LogP contribution in [-0.4, -0.2) is 45.8 Å². The Kier molecular flexibility index (Phi) is 6.74. The van der Waals surface area contributed by atoms with Gasteiger partial charge in [0.15, 0.2) is 0 Å². The largest absolute Gasteiger partial charge is 0.464 e. The topological polar surface area (TPSA) is 56.6 Å². The van der Waals surface area contributed by atoms with E-state index >= 15 is 0 Å². The third kappa shape index (κ3) is 5.63. The molecule has 0 N–H and O–H groups in total. The molecule has 0 radical (unpaired) electrons. The first-order valence-corrected chi connectivity index (χ1v) is 11.9. The number of imidazole rings is 1. The minimum absolute atomic E-state index is 0.229. The lowest BCUT2D eigenvalue weighted by Crippen LogP contribution is -2.42. The van der Waals surface area contributed by atoms with E-state index in [1.54, 1.807) is 4.90 Å². The number of hydrogen-bond donors (Lipinski definition) is 0. The van der Waals surface area contributed by atoms with Crippen molar-refractivity contribution in [3.63, 3.8) is 0 Å². The van der Waals surface area contributed by atoms with Crippen molar-refractivity contribution in [3.8, 4) is 6.01 Å². The molecule has 1 fully saturated rings. The van der Waals surface area contributed by atoms with Crippen LogP contribution in [0.1, 0.15) is 39.2 Å². The number of benzene rings is 2. The summed E-state index contributed by atoms with van der Waals surface area (Å²) in [5.74, 6) is 0.384. The second kappa shape index (κ2) is 9.53. The number of ether oxygens (including phenoxy) is 2. The predicted molar refractivity (Wildman–Crippen MR) is 129 cm³/mol. The van der Waals surface area contributed by atoms with Crippen LogP contribution in [0, 0.1) is 5.92 Å². The van der Waals surface area contributed by atoms with E-state index in [9.17, 15) is 4.79 Å². The molecule has 1 saturated heterocycles. The average molecular weight is 500 g/mol. The van der Waals surface area contributed by atoms with E-state index in [-0.39, 0.29) is 6.09 Å². The van der Waals surface area contributed by atoms with Crippen LogP contribution in [0.25, 0.3) is 11.0 Å². The van der Waals surface area contributed by atoms with Gasteiger partial charge >= 0.3 is 6.09 Å². The number of aromatic nitrogens is 2. The first-order valence-electron chi connectivity index (χ1n) is 11.1. The fourth-order valence-corrected chi connectivity index (χ4v) is 4.15. The number of carbonyl (C=O) groups is 1. The summed E-state index contributed by atoms with van der Waals surface area (Å²) in [6, 6.07) is 17.1. The number of likely N-dealkylation sites (tertiary alicyclic amines) is 1. The van der Waals surface area contributed by atoms with Gasteiger partial charge in [-0.05, 0) is 69.4 Å². The van der Waals surface area contributed by atoms with Crippen LogP contribution < -0.4 is 4.74 Å². The lowest BCUT2D eigenvalue weighted by molar-refractivity contribution is 0.0162. The minimum atomic E-state index is -0.467. The maximum Gasteiger partial charge on any atom is 0.410 e. The second-order valence-corrected chi connectivity index (χ2v) is 10.2. The van der Waals surface area contributed by atoms with Crippen molar-refractivity contribution in [2.75, 3.05) is 19.7 Å². The summed E-state index contributed by atoms with van der Waals surface area (Å²) < 4.78 is 14.9. The van der Waals surface area contributed by atoms with Crippen molar-refractivity contribution in [3.05, 3.63) is 58.6 Å². The molecule has 0 unspecified atom stereocenters. The molecule has 0 saturated carbocycles. The summed E-state index contributed by atoms with van der Waals surface area (Å²) in [6.45, 7) is 8.35. The summed E-state index contributed by atoms with van der Waals surface area (Å²) >= 11 is 3.50. The average Bonchev–Trinajstić information content (AvgIpc) is 3.10. The number of amides is 1. The Morgan fingerprint density at radius 1 is 1.09 bits per heavy atom. The Labute approximate surface area is 197 Å². The molecule has 0 bridgehead atoms. The van der Waals surface area contributed by atoms with Gasteiger partial charge in [0, 0.05) is 17.6 Å². The second-order valence-electron chi connectivity index (χ2n) is 9.32. The molecule has 1 aliphatic rings. The zero-order chi connectivity index (χ0) is 22.7. The van der Waals surface area contributed by atoms with Gasteiger partial charge in [0.2, 0.25) is 0 Å². The lowest BCUT2D eigenvalue weighted by Gasteiger charge is -2.33. The van der Waals surface area contributed by atoms with Crippen LogP contribution in [-0.2, 0) is 11.3 Å². The molecule has 1 aromatic heterocycles. The van der Waals surface area contributed by atoms with Crippen LogP contribution in [0.15, 0.2) is 53.0 Å². The van der Waals surface area contributed by atoms with Crippen molar-refractivity contribution in [1.29, 1.82) is 0 Å². The van der Waals surface area contributed by atoms with Crippen LogP contribution in [0.3, 0.4) is 0 Å². The fourth-order valence-electron chi connectivity index (χ4n) is 3.89. The molecule has 4 rings (SSSR count). The first kappa shape index (κ1) is 22.6. The van der Waals surface area contributed by atoms with Gasteiger partial charge in [-0.25, -0.2) is 4.79 Å². The Morgan fingerprint density at radius 2 is 1.78 bits per heavy atom. The maximum absolute atomic E-state index is 12.3. The lowest BCUT2D eigenvalue weighted by atomic mass is 9.98. The summed E-state index contributed by atoms with van der Waals surface area (Å²) in [5.41, 5.74) is 2.71.